The van der Waals surface area contributed by atoms with Crippen molar-refractivity contribution in [2.75, 3.05) is 7.05 Å². The molecule has 0 saturated carbocycles. The average molecular weight is 328 g/mol. The summed E-state index contributed by atoms with van der Waals surface area (Å²) < 4.78 is 0. The number of H-pyrrole nitrogens is 1. The second kappa shape index (κ2) is 6.22. The first-order valence-electron chi connectivity index (χ1n) is 7.03. The number of rotatable bonds is 3. The number of aromatic amines is 1. The van der Waals surface area contributed by atoms with Gasteiger partial charge in [0.05, 0.1) is 5.39 Å². The molecule has 2 aromatic carbocycles. The van der Waals surface area contributed by atoms with Gasteiger partial charge >= 0.3 is 0 Å². The summed E-state index contributed by atoms with van der Waals surface area (Å²) in [5.74, 6) is -0.266. The van der Waals surface area contributed by atoms with Crippen LogP contribution in [-0.2, 0) is 6.54 Å². The normalized spacial score (nSPS) is 10.7. The van der Waals surface area contributed by atoms with Crippen LogP contribution in [0.25, 0.3) is 10.8 Å². The summed E-state index contributed by atoms with van der Waals surface area (Å²) in [5.41, 5.74) is 0.835. The summed E-state index contributed by atoms with van der Waals surface area (Å²) in [6.45, 7) is 0.397. The number of carbonyl (C=O) groups is 1. The Bertz CT molecular complexity index is 936. The Balaban J connectivity index is 1.94. The van der Waals surface area contributed by atoms with Crippen molar-refractivity contribution in [3.8, 4) is 0 Å². The van der Waals surface area contributed by atoms with Crippen molar-refractivity contribution >= 4 is 28.3 Å². The van der Waals surface area contributed by atoms with Gasteiger partial charge in [0.1, 0.15) is 0 Å². The second-order valence-corrected chi connectivity index (χ2v) is 5.67. The Labute approximate surface area is 137 Å². The third-order valence-corrected chi connectivity index (χ3v) is 3.79. The molecular formula is C17H14ClN3O2. The number of fused-ring (bicyclic) bond motifs is 1. The van der Waals surface area contributed by atoms with E-state index in [0.717, 1.165) is 5.56 Å². The summed E-state index contributed by atoms with van der Waals surface area (Å²) in [5, 5.41) is 7.92. The minimum absolute atomic E-state index is 0.227. The molecule has 1 N–H and O–H groups in total. The van der Waals surface area contributed by atoms with Crippen molar-refractivity contribution in [1.29, 1.82) is 0 Å². The van der Waals surface area contributed by atoms with Gasteiger partial charge in [-0.15, -0.1) is 0 Å². The molecule has 116 valence electrons. The van der Waals surface area contributed by atoms with Crippen molar-refractivity contribution in [1.82, 2.24) is 15.1 Å². The lowest BCUT2D eigenvalue weighted by Gasteiger charge is -2.17. The van der Waals surface area contributed by atoms with E-state index in [0.29, 0.717) is 22.3 Å². The van der Waals surface area contributed by atoms with Gasteiger partial charge in [0, 0.05) is 24.0 Å². The highest BCUT2D eigenvalue weighted by atomic mass is 35.5. The predicted molar refractivity (Wildman–Crippen MR) is 89.6 cm³/mol. The molecule has 0 aliphatic carbocycles. The first-order chi connectivity index (χ1) is 11.1. The van der Waals surface area contributed by atoms with E-state index >= 15 is 0 Å². The Morgan fingerprint density at radius 1 is 1.17 bits per heavy atom. The summed E-state index contributed by atoms with van der Waals surface area (Å²) in [7, 11) is 1.69. The highest BCUT2D eigenvalue weighted by Crippen LogP contribution is 2.16. The molecule has 23 heavy (non-hydrogen) atoms. The molecular weight excluding hydrogens is 314 g/mol. The predicted octanol–water partition coefficient (Wildman–Crippen LogP) is 2.85. The summed E-state index contributed by atoms with van der Waals surface area (Å²) in [4.78, 5) is 26.0. The van der Waals surface area contributed by atoms with Gasteiger partial charge < -0.3 is 4.90 Å². The highest BCUT2D eigenvalue weighted by Gasteiger charge is 2.18. The van der Waals surface area contributed by atoms with Crippen LogP contribution in [0.1, 0.15) is 16.1 Å². The number of hydrogen-bond donors (Lipinski definition) is 1. The number of hydrogen-bond acceptors (Lipinski definition) is 3. The van der Waals surface area contributed by atoms with E-state index in [2.05, 4.69) is 10.2 Å². The van der Waals surface area contributed by atoms with Gasteiger partial charge in [-0.1, -0.05) is 41.9 Å². The minimum atomic E-state index is -0.311. The highest BCUT2D eigenvalue weighted by molar-refractivity contribution is 6.30. The average Bonchev–Trinajstić information content (AvgIpc) is 2.55. The van der Waals surface area contributed by atoms with Crippen LogP contribution in [0.5, 0.6) is 0 Å². The molecule has 0 fully saturated rings. The van der Waals surface area contributed by atoms with Gasteiger partial charge in [-0.25, -0.2) is 5.10 Å². The first kappa shape index (κ1) is 15.2. The van der Waals surface area contributed by atoms with Crippen LogP contribution in [0.3, 0.4) is 0 Å². The summed E-state index contributed by atoms with van der Waals surface area (Å²) in [6.07, 6.45) is 0. The molecule has 0 saturated heterocycles. The molecule has 3 rings (SSSR count). The molecule has 1 amide bonds. The fourth-order valence-electron chi connectivity index (χ4n) is 2.44. The fourth-order valence-corrected chi connectivity index (χ4v) is 2.65. The van der Waals surface area contributed by atoms with Gasteiger partial charge in [-0.05, 0) is 23.8 Å². The van der Waals surface area contributed by atoms with Crippen LogP contribution in [0.4, 0.5) is 0 Å². The van der Waals surface area contributed by atoms with E-state index in [1.54, 1.807) is 42.3 Å². The van der Waals surface area contributed by atoms with Crippen LogP contribution >= 0.6 is 11.6 Å². The lowest BCUT2D eigenvalue weighted by molar-refractivity contribution is 0.0780. The molecule has 6 heteroatoms. The standard InChI is InChI=1S/C17H14ClN3O2/c1-21(10-11-5-4-6-12(18)9-11)17(23)15-13-7-2-3-8-14(13)16(22)20-19-15/h2-9H,10H2,1H3,(H,20,22). The smallest absolute Gasteiger partial charge is 0.274 e. The Hall–Kier alpha value is -2.66. The quantitative estimate of drug-likeness (QED) is 0.804. The van der Waals surface area contributed by atoms with Crippen LogP contribution in [0.15, 0.2) is 53.3 Å². The van der Waals surface area contributed by atoms with Gasteiger partial charge in [0.2, 0.25) is 0 Å². The number of halogens is 1. The molecule has 0 unspecified atom stereocenters. The number of benzene rings is 2. The second-order valence-electron chi connectivity index (χ2n) is 5.24. The maximum Gasteiger partial charge on any atom is 0.274 e. The van der Waals surface area contributed by atoms with Crippen molar-refractivity contribution in [3.63, 3.8) is 0 Å². The molecule has 1 aromatic heterocycles. The van der Waals surface area contributed by atoms with Crippen LogP contribution in [-0.4, -0.2) is 28.1 Å². The van der Waals surface area contributed by atoms with Gasteiger partial charge in [-0.2, -0.15) is 5.10 Å². The molecule has 0 atom stereocenters. The van der Waals surface area contributed by atoms with E-state index < -0.39 is 0 Å². The van der Waals surface area contributed by atoms with E-state index in [-0.39, 0.29) is 17.2 Å². The lowest BCUT2D eigenvalue weighted by atomic mass is 10.1. The van der Waals surface area contributed by atoms with Crippen molar-refractivity contribution in [2.45, 2.75) is 6.54 Å². The lowest BCUT2D eigenvalue weighted by Crippen LogP contribution is -2.28. The number of amides is 1. The van der Waals surface area contributed by atoms with E-state index in [9.17, 15) is 9.59 Å². The Morgan fingerprint density at radius 3 is 2.65 bits per heavy atom. The molecule has 0 aliphatic rings. The van der Waals surface area contributed by atoms with Crippen molar-refractivity contribution < 1.29 is 4.79 Å². The third kappa shape index (κ3) is 3.10. The first-order valence-corrected chi connectivity index (χ1v) is 7.41. The Morgan fingerprint density at radius 2 is 1.91 bits per heavy atom. The zero-order chi connectivity index (χ0) is 16.4. The van der Waals surface area contributed by atoms with Crippen molar-refractivity contribution in [3.05, 3.63) is 75.2 Å². The minimum Gasteiger partial charge on any atom is -0.336 e. The number of carbonyl (C=O) groups excluding carboxylic acids is 1. The van der Waals surface area contributed by atoms with Gasteiger partial charge in [-0.3, -0.25) is 9.59 Å². The zero-order valence-electron chi connectivity index (χ0n) is 12.4. The fraction of sp³-hybridized carbons (Fsp3) is 0.118. The maximum absolute atomic E-state index is 12.7. The van der Waals surface area contributed by atoms with E-state index in [1.807, 2.05) is 18.2 Å². The van der Waals surface area contributed by atoms with Gasteiger partial charge in [0.25, 0.3) is 11.5 Å². The van der Waals surface area contributed by atoms with Crippen molar-refractivity contribution in [2.24, 2.45) is 0 Å². The topological polar surface area (TPSA) is 66.1 Å². The van der Waals surface area contributed by atoms with E-state index in [1.165, 1.54) is 0 Å². The summed E-state index contributed by atoms with van der Waals surface area (Å²) in [6, 6.07) is 14.2. The SMILES string of the molecule is CN(Cc1cccc(Cl)c1)C(=O)c1n[nH]c(=O)c2ccccc12. The maximum atomic E-state index is 12.7. The molecule has 3 aromatic rings. The van der Waals surface area contributed by atoms with E-state index in [4.69, 9.17) is 11.6 Å². The molecule has 0 spiro atoms. The molecule has 0 bridgehead atoms. The van der Waals surface area contributed by atoms with Crippen LogP contribution in [0, 0.1) is 0 Å². The Kier molecular flexibility index (Phi) is 4.12. The van der Waals surface area contributed by atoms with Crippen LogP contribution in [0.2, 0.25) is 5.02 Å². The molecule has 5 nitrogen and oxygen atoms in total. The molecule has 0 radical (unpaired) electrons. The number of nitrogens with one attached hydrogen (secondary N) is 1. The zero-order valence-corrected chi connectivity index (χ0v) is 13.2. The monoisotopic (exact) mass is 327 g/mol. The summed E-state index contributed by atoms with van der Waals surface area (Å²) >= 11 is 5.96. The van der Waals surface area contributed by atoms with Crippen LogP contribution < -0.4 is 5.56 Å². The van der Waals surface area contributed by atoms with Gasteiger partial charge in [0.15, 0.2) is 5.69 Å². The number of aromatic nitrogens is 2. The molecule has 0 aliphatic heterocycles. The number of nitrogens with zero attached hydrogens (tertiary/aromatic N) is 2. The third-order valence-electron chi connectivity index (χ3n) is 3.55. The largest absolute Gasteiger partial charge is 0.336 e. The molecule has 1 heterocycles.